The minimum atomic E-state index is 0.463. The minimum absolute atomic E-state index is 0.463. The van der Waals surface area contributed by atoms with E-state index in [1.165, 1.54) is 0 Å². The molecule has 1 aromatic carbocycles. The summed E-state index contributed by atoms with van der Waals surface area (Å²) in [5.74, 6) is 1.28. The molecule has 4 heterocycles. The highest BCUT2D eigenvalue weighted by atomic mass is 16.5. The smallest absolute Gasteiger partial charge is 0.318 e. The first-order valence-corrected chi connectivity index (χ1v) is 9.58. The van der Waals surface area contributed by atoms with Crippen molar-refractivity contribution in [1.82, 2.24) is 24.7 Å². The third-order valence-corrected chi connectivity index (χ3v) is 5.06. The molecule has 0 aliphatic heterocycles. The normalized spacial score (nSPS) is 11.3. The first-order valence-electron chi connectivity index (χ1n) is 9.58. The Balaban J connectivity index is 1.34. The molecule has 0 aliphatic carbocycles. The average Bonchev–Trinajstić information content (AvgIpc) is 3.48. The summed E-state index contributed by atoms with van der Waals surface area (Å²) in [7, 11) is 1.93. The van der Waals surface area contributed by atoms with E-state index in [9.17, 15) is 0 Å². The fourth-order valence-electron chi connectivity index (χ4n) is 3.56. The zero-order chi connectivity index (χ0) is 20.7. The van der Waals surface area contributed by atoms with Gasteiger partial charge in [-0.05, 0) is 43.2 Å². The van der Waals surface area contributed by atoms with Crippen molar-refractivity contribution in [3.05, 3.63) is 72.0 Å². The Morgan fingerprint density at radius 2 is 1.80 bits per heavy atom. The minimum Gasteiger partial charge on any atom is -0.403 e. The van der Waals surface area contributed by atoms with Crippen LogP contribution >= 0.6 is 0 Å². The molecule has 5 rings (SSSR count). The van der Waals surface area contributed by atoms with Crippen molar-refractivity contribution in [2.24, 2.45) is 0 Å². The van der Waals surface area contributed by atoms with Crippen LogP contribution < -0.4 is 4.90 Å². The maximum absolute atomic E-state index is 5.91. The van der Waals surface area contributed by atoms with Crippen LogP contribution in [0.1, 0.15) is 17.0 Å². The van der Waals surface area contributed by atoms with Crippen LogP contribution in [0.25, 0.3) is 28.2 Å². The van der Waals surface area contributed by atoms with Crippen LogP contribution in [0, 0.1) is 13.8 Å². The molecule has 8 heteroatoms. The van der Waals surface area contributed by atoms with Crippen LogP contribution in [0.2, 0.25) is 0 Å². The quantitative estimate of drug-likeness (QED) is 0.435. The van der Waals surface area contributed by atoms with Crippen molar-refractivity contribution in [3.63, 3.8) is 0 Å². The summed E-state index contributed by atoms with van der Waals surface area (Å²) in [4.78, 5) is 6.19. The molecular formula is C22H20N6O2. The van der Waals surface area contributed by atoms with Crippen LogP contribution in [-0.2, 0) is 6.54 Å². The predicted molar refractivity (Wildman–Crippen MR) is 112 cm³/mol. The molecule has 0 atom stereocenters. The highest BCUT2D eigenvalue weighted by Gasteiger charge is 2.15. The van der Waals surface area contributed by atoms with Crippen LogP contribution in [0.5, 0.6) is 0 Å². The Labute approximate surface area is 172 Å². The van der Waals surface area contributed by atoms with Crippen molar-refractivity contribution >= 4 is 11.7 Å². The van der Waals surface area contributed by atoms with E-state index >= 15 is 0 Å². The number of aromatic nitrogens is 5. The van der Waals surface area contributed by atoms with Gasteiger partial charge in [0.2, 0.25) is 5.89 Å². The molecule has 0 fully saturated rings. The van der Waals surface area contributed by atoms with Crippen LogP contribution in [0.4, 0.5) is 6.01 Å². The van der Waals surface area contributed by atoms with E-state index in [4.69, 9.17) is 8.94 Å². The number of pyridine rings is 1. The van der Waals surface area contributed by atoms with E-state index in [0.717, 1.165) is 39.4 Å². The molecule has 0 saturated carbocycles. The van der Waals surface area contributed by atoms with E-state index in [1.807, 2.05) is 79.0 Å². The number of anilines is 1. The number of hydrogen-bond acceptors (Lipinski definition) is 7. The Hall–Kier alpha value is -3.94. The molecule has 0 spiro atoms. The molecular weight excluding hydrogens is 380 g/mol. The molecule has 8 nitrogen and oxygen atoms in total. The number of hydrogen-bond donors (Lipinski definition) is 0. The molecule has 0 saturated heterocycles. The molecule has 150 valence electrons. The van der Waals surface area contributed by atoms with E-state index in [2.05, 4.69) is 20.3 Å². The van der Waals surface area contributed by atoms with Crippen molar-refractivity contribution in [2.75, 3.05) is 11.9 Å². The zero-order valence-corrected chi connectivity index (χ0v) is 16.9. The van der Waals surface area contributed by atoms with Crippen molar-refractivity contribution in [1.29, 1.82) is 0 Å². The van der Waals surface area contributed by atoms with Crippen LogP contribution in [0.3, 0.4) is 0 Å². The van der Waals surface area contributed by atoms with Crippen molar-refractivity contribution in [3.8, 4) is 22.6 Å². The maximum Gasteiger partial charge on any atom is 0.318 e. The van der Waals surface area contributed by atoms with Gasteiger partial charge in [0, 0.05) is 43.3 Å². The predicted octanol–water partition coefficient (Wildman–Crippen LogP) is 4.29. The molecule has 5 aromatic rings. The van der Waals surface area contributed by atoms with Gasteiger partial charge in [0.25, 0.3) is 0 Å². The Kier molecular flexibility index (Phi) is 4.31. The summed E-state index contributed by atoms with van der Waals surface area (Å²) in [5.41, 5.74) is 5.82. The van der Waals surface area contributed by atoms with Gasteiger partial charge in [-0.3, -0.25) is 0 Å². The molecule has 30 heavy (non-hydrogen) atoms. The zero-order valence-electron chi connectivity index (χ0n) is 16.9. The molecule has 0 aliphatic rings. The SMILES string of the molecule is Cc1noc(C)c1-c1ccc(-c2nnc(N(C)Cc3ccc4nccn4c3)o2)cc1. The molecule has 4 aromatic heterocycles. The fraction of sp³-hybridized carbons (Fsp3) is 0.182. The van der Waals surface area contributed by atoms with E-state index in [0.29, 0.717) is 18.5 Å². The molecule has 0 unspecified atom stereocenters. The van der Waals surface area contributed by atoms with Gasteiger partial charge in [-0.1, -0.05) is 28.5 Å². The summed E-state index contributed by atoms with van der Waals surface area (Å²) in [5, 5.41) is 12.4. The lowest BCUT2D eigenvalue weighted by Gasteiger charge is -2.13. The fourth-order valence-corrected chi connectivity index (χ4v) is 3.56. The highest BCUT2D eigenvalue weighted by Crippen LogP contribution is 2.29. The Morgan fingerprint density at radius 1 is 1.00 bits per heavy atom. The topological polar surface area (TPSA) is 85.5 Å². The Morgan fingerprint density at radius 3 is 2.57 bits per heavy atom. The highest BCUT2D eigenvalue weighted by molar-refractivity contribution is 5.70. The summed E-state index contributed by atoms with van der Waals surface area (Å²) < 4.78 is 13.2. The van der Waals surface area contributed by atoms with Crippen LogP contribution in [-0.4, -0.2) is 31.8 Å². The van der Waals surface area contributed by atoms with Crippen molar-refractivity contribution in [2.45, 2.75) is 20.4 Å². The third-order valence-electron chi connectivity index (χ3n) is 5.06. The lowest BCUT2D eigenvalue weighted by Crippen LogP contribution is -2.17. The monoisotopic (exact) mass is 400 g/mol. The number of benzene rings is 1. The summed E-state index contributed by atoms with van der Waals surface area (Å²) in [6.45, 7) is 4.49. The van der Waals surface area contributed by atoms with Gasteiger partial charge in [-0.2, -0.15) is 0 Å². The summed E-state index contributed by atoms with van der Waals surface area (Å²) in [6.07, 6.45) is 5.75. The Bertz CT molecular complexity index is 1300. The van der Waals surface area contributed by atoms with Crippen LogP contribution in [0.15, 0.2) is 63.9 Å². The number of imidazole rings is 1. The summed E-state index contributed by atoms with van der Waals surface area (Å²) in [6, 6.07) is 12.4. The molecule has 0 radical (unpaired) electrons. The van der Waals surface area contributed by atoms with E-state index in [-0.39, 0.29) is 0 Å². The maximum atomic E-state index is 5.91. The lowest BCUT2D eigenvalue weighted by molar-refractivity contribution is 0.393. The third kappa shape index (κ3) is 3.22. The number of nitrogens with zero attached hydrogens (tertiary/aromatic N) is 6. The second-order valence-electron chi connectivity index (χ2n) is 7.25. The number of aryl methyl sites for hydroxylation is 2. The second-order valence-corrected chi connectivity index (χ2v) is 7.25. The van der Waals surface area contributed by atoms with Gasteiger partial charge in [-0.15, -0.1) is 5.10 Å². The molecule has 0 bridgehead atoms. The van der Waals surface area contributed by atoms with Gasteiger partial charge in [-0.25, -0.2) is 4.98 Å². The lowest BCUT2D eigenvalue weighted by atomic mass is 10.0. The number of fused-ring (bicyclic) bond motifs is 1. The van der Waals surface area contributed by atoms with Gasteiger partial charge >= 0.3 is 6.01 Å². The van der Waals surface area contributed by atoms with Gasteiger partial charge in [0.15, 0.2) is 0 Å². The largest absolute Gasteiger partial charge is 0.403 e. The molecule has 0 N–H and O–H groups in total. The van der Waals surface area contributed by atoms with E-state index < -0.39 is 0 Å². The van der Waals surface area contributed by atoms with Crippen molar-refractivity contribution < 1.29 is 8.94 Å². The van der Waals surface area contributed by atoms with E-state index in [1.54, 1.807) is 6.20 Å². The molecule has 0 amide bonds. The standard InChI is InChI=1S/C22H20N6O2/c1-14-20(15(2)30-26-14)17-5-7-18(8-6-17)21-24-25-22(29-21)27(3)12-16-4-9-19-23-10-11-28(19)13-16/h4-11,13H,12H2,1-3H3. The first-order chi connectivity index (χ1) is 14.6. The van der Waals surface area contributed by atoms with Gasteiger partial charge in [0.1, 0.15) is 11.4 Å². The number of rotatable bonds is 5. The van der Waals surface area contributed by atoms with Gasteiger partial charge in [0.05, 0.1) is 5.69 Å². The van der Waals surface area contributed by atoms with Gasteiger partial charge < -0.3 is 18.2 Å². The first kappa shape index (κ1) is 18.1. The summed E-state index contributed by atoms with van der Waals surface area (Å²) >= 11 is 0. The second kappa shape index (κ2) is 7.14. The average molecular weight is 400 g/mol.